The molecule has 4 heteroatoms. The molecule has 0 amide bonds. The third-order valence-electron chi connectivity index (χ3n) is 1.53. The van der Waals surface area contributed by atoms with E-state index in [1.807, 2.05) is 18.2 Å². The van der Waals surface area contributed by atoms with Crippen LogP contribution in [0.3, 0.4) is 0 Å². The van der Waals surface area contributed by atoms with Gasteiger partial charge in [0.15, 0.2) is 0 Å². The van der Waals surface area contributed by atoms with E-state index in [4.69, 9.17) is 10.2 Å². The van der Waals surface area contributed by atoms with Crippen molar-refractivity contribution in [3.05, 3.63) is 28.2 Å². The predicted molar refractivity (Wildman–Crippen MR) is 57.9 cm³/mol. The lowest BCUT2D eigenvalue weighted by Crippen LogP contribution is -1.88. The zero-order chi connectivity index (χ0) is 9.68. The fraction of sp³-hybridized carbons (Fsp3) is 0.333. The Kier molecular flexibility index (Phi) is 4.80. The molecule has 13 heavy (non-hydrogen) atoms. The number of benzene rings is 1. The summed E-state index contributed by atoms with van der Waals surface area (Å²) in [6.45, 7) is 0.238. The van der Waals surface area contributed by atoms with Gasteiger partial charge in [-0.25, -0.2) is 0 Å². The van der Waals surface area contributed by atoms with Gasteiger partial charge in [-0.1, -0.05) is 6.07 Å². The van der Waals surface area contributed by atoms with Crippen molar-refractivity contribution in [1.29, 1.82) is 0 Å². The van der Waals surface area contributed by atoms with Crippen LogP contribution in [0.5, 0.6) is 0 Å². The van der Waals surface area contributed by atoms with E-state index in [9.17, 15) is 0 Å². The van der Waals surface area contributed by atoms with Gasteiger partial charge in [0.1, 0.15) is 0 Å². The Morgan fingerprint density at radius 2 is 2.08 bits per heavy atom. The van der Waals surface area contributed by atoms with E-state index in [0.717, 1.165) is 14.9 Å². The zero-order valence-electron chi connectivity index (χ0n) is 7.03. The number of hydrogen-bond donors (Lipinski definition) is 2. The summed E-state index contributed by atoms with van der Waals surface area (Å²) in [6, 6.07) is 5.71. The second kappa shape index (κ2) is 5.65. The highest BCUT2D eigenvalue weighted by atomic mass is 79.9. The van der Waals surface area contributed by atoms with Gasteiger partial charge in [-0.15, -0.1) is 11.8 Å². The molecule has 2 nitrogen and oxygen atoms in total. The van der Waals surface area contributed by atoms with Crippen LogP contribution < -0.4 is 0 Å². The van der Waals surface area contributed by atoms with Crippen molar-refractivity contribution in [2.24, 2.45) is 0 Å². The van der Waals surface area contributed by atoms with E-state index in [1.54, 1.807) is 11.8 Å². The summed E-state index contributed by atoms with van der Waals surface area (Å²) >= 11 is 4.99. The Morgan fingerprint density at radius 1 is 1.31 bits per heavy atom. The van der Waals surface area contributed by atoms with Gasteiger partial charge < -0.3 is 10.2 Å². The normalized spacial score (nSPS) is 10.4. The third kappa shape index (κ3) is 3.31. The summed E-state index contributed by atoms with van der Waals surface area (Å²) in [4.78, 5) is 1.09. The summed E-state index contributed by atoms with van der Waals surface area (Å²) in [5, 5.41) is 17.5. The van der Waals surface area contributed by atoms with Crippen LogP contribution in [0.1, 0.15) is 5.56 Å². The average Bonchev–Trinajstić information content (AvgIpc) is 2.16. The maximum Gasteiger partial charge on any atom is 0.0682 e. The Bertz CT molecular complexity index is 278. The molecule has 0 bridgehead atoms. The number of hydrogen-bond acceptors (Lipinski definition) is 3. The molecular formula is C9H11BrO2S. The Hall–Kier alpha value is -0.0300. The van der Waals surface area contributed by atoms with Crippen molar-refractivity contribution in [3.63, 3.8) is 0 Å². The smallest absolute Gasteiger partial charge is 0.0682 e. The molecule has 1 rings (SSSR count). The van der Waals surface area contributed by atoms with Gasteiger partial charge in [0.05, 0.1) is 13.2 Å². The quantitative estimate of drug-likeness (QED) is 0.816. The molecule has 0 unspecified atom stereocenters. The van der Waals surface area contributed by atoms with Crippen molar-refractivity contribution in [3.8, 4) is 0 Å². The third-order valence-corrected chi connectivity index (χ3v) is 3.50. The van der Waals surface area contributed by atoms with E-state index in [0.29, 0.717) is 5.75 Å². The average molecular weight is 263 g/mol. The van der Waals surface area contributed by atoms with Crippen LogP contribution in [0.25, 0.3) is 0 Å². The van der Waals surface area contributed by atoms with E-state index >= 15 is 0 Å². The summed E-state index contributed by atoms with van der Waals surface area (Å²) in [5.41, 5.74) is 0.889. The van der Waals surface area contributed by atoms with E-state index < -0.39 is 0 Å². The largest absolute Gasteiger partial charge is 0.396 e. The minimum Gasteiger partial charge on any atom is -0.396 e. The number of aliphatic hydroxyl groups excluding tert-OH is 2. The number of halogens is 1. The highest BCUT2D eigenvalue weighted by Crippen LogP contribution is 2.28. The molecule has 0 aliphatic heterocycles. The molecule has 0 atom stereocenters. The molecular weight excluding hydrogens is 252 g/mol. The Balaban J connectivity index is 2.73. The molecule has 0 heterocycles. The molecule has 1 aromatic carbocycles. The lowest BCUT2D eigenvalue weighted by atomic mass is 10.2. The second-order valence-electron chi connectivity index (χ2n) is 2.49. The number of thioether (sulfide) groups is 1. The standard InChI is InChI=1S/C9H11BrO2S/c10-8-5-7(6-12)1-2-9(8)13-4-3-11/h1-2,5,11-12H,3-4,6H2. The summed E-state index contributed by atoms with van der Waals surface area (Å²) in [5.74, 6) is 0.692. The monoisotopic (exact) mass is 262 g/mol. The van der Waals surface area contributed by atoms with Crippen molar-refractivity contribution in [1.82, 2.24) is 0 Å². The van der Waals surface area contributed by atoms with Gasteiger partial charge >= 0.3 is 0 Å². The first-order valence-electron chi connectivity index (χ1n) is 3.91. The first-order chi connectivity index (χ1) is 6.27. The molecule has 0 spiro atoms. The highest BCUT2D eigenvalue weighted by Gasteiger charge is 2.00. The summed E-state index contributed by atoms with van der Waals surface area (Å²) in [7, 11) is 0. The molecule has 72 valence electrons. The number of rotatable bonds is 4. The maximum absolute atomic E-state index is 8.86. The number of aliphatic hydroxyl groups is 2. The summed E-state index contributed by atoms with van der Waals surface area (Å²) in [6.07, 6.45) is 0. The van der Waals surface area contributed by atoms with Crippen LogP contribution in [0.2, 0.25) is 0 Å². The molecule has 0 aliphatic rings. The first kappa shape index (κ1) is 11.0. The topological polar surface area (TPSA) is 40.5 Å². The van der Waals surface area contributed by atoms with Crippen LogP contribution in [0.15, 0.2) is 27.6 Å². The van der Waals surface area contributed by atoms with Crippen LogP contribution in [-0.4, -0.2) is 22.6 Å². The first-order valence-corrected chi connectivity index (χ1v) is 5.68. The van der Waals surface area contributed by atoms with Gasteiger partial charge in [-0.05, 0) is 33.6 Å². The van der Waals surface area contributed by atoms with Crippen LogP contribution in [-0.2, 0) is 6.61 Å². The van der Waals surface area contributed by atoms with Crippen LogP contribution >= 0.6 is 27.7 Å². The molecule has 2 N–H and O–H groups in total. The Morgan fingerprint density at radius 3 is 2.62 bits per heavy atom. The van der Waals surface area contributed by atoms with Gasteiger partial charge in [0.25, 0.3) is 0 Å². The lowest BCUT2D eigenvalue weighted by Gasteiger charge is -2.04. The van der Waals surface area contributed by atoms with E-state index in [2.05, 4.69) is 15.9 Å². The predicted octanol–water partition coefficient (Wildman–Crippen LogP) is 2.03. The second-order valence-corrected chi connectivity index (χ2v) is 4.49. The van der Waals surface area contributed by atoms with E-state index in [-0.39, 0.29) is 13.2 Å². The van der Waals surface area contributed by atoms with Crippen LogP contribution in [0.4, 0.5) is 0 Å². The van der Waals surface area contributed by atoms with Crippen LogP contribution in [0, 0.1) is 0 Å². The Labute approximate surface area is 90.1 Å². The van der Waals surface area contributed by atoms with Gasteiger partial charge in [0.2, 0.25) is 0 Å². The molecule has 1 aromatic rings. The van der Waals surface area contributed by atoms with E-state index in [1.165, 1.54) is 0 Å². The molecule has 0 saturated carbocycles. The highest BCUT2D eigenvalue weighted by molar-refractivity contribution is 9.10. The molecule has 0 fully saturated rings. The minimum absolute atomic E-state index is 0.0591. The fourth-order valence-corrected chi connectivity index (χ4v) is 2.36. The zero-order valence-corrected chi connectivity index (χ0v) is 9.44. The molecule has 0 aromatic heterocycles. The SMILES string of the molecule is OCCSc1ccc(CO)cc1Br. The lowest BCUT2D eigenvalue weighted by molar-refractivity contribution is 0.281. The van der Waals surface area contributed by atoms with Crippen molar-refractivity contribution < 1.29 is 10.2 Å². The molecule has 0 saturated heterocycles. The van der Waals surface area contributed by atoms with Crippen molar-refractivity contribution in [2.45, 2.75) is 11.5 Å². The minimum atomic E-state index is 0.0591. The maximum atomic E-state index is 8.86. The van der Waals surface area contributed by atoms with Gasteiger partial charge in [-0.2, -0.15) is 0 Å². The van der Waals surface area contributed by atoms with Crippen molar-refractivity contribution >= 4 is 27.7 Å². The van der Waals surface area contributed by atoms with Gasteiger partial charge in [-0.3, -0.25) is 0 Å². The molecule has 0 aliphatic carbocycles. The summed E-state index contributed by atoms with van der Waals surface area (Å²) < 4.78 is 0.970. The fourth-order valence-electron chi connectivity index (χ4n) is 0.915. The van der Waals surface area contributed by atoms with Crippen molar-refractivity contribution in [2.75, 3.05) is 12.4 Å². The molecule has 0 radical (unpaired) electrons. The van der Waals surface area contributed by atoms with Gasteiger partial charge in [0, 0.05) is 15.1 Å².